The van der Waals surface area contributed by atoms with Gasteiger partial charge < -0.3 is 0 Å². The topological polar surface area (TPSA) is 0 Å². The third kappa shape index (κ3) is 6.25. The summed E-state index contributed by atoms with van der Waals surface area (Å²) < 4.78 is 0. The second kappa shape index (κ2) is 5.38. The monoisotopic (exact) mass is 148 g/mol. The van der Waals surface area contributed by atoms with Crippen LogP contribution in [-0.4, -0.2) is 14.7 Å². The first kappa shape index (κ1) is 8.25. The molecule has 0 bridgehead atoms. The van der Waals surface area contributed by atoms with E-state index in [2.05, 4.69) is 19.2 Å². The molecule has 0 nitrogen and oxygen atoms in total. The number of hydrogen-bond acceptors (Lipinski definition) is 0. The highest BCUT2D eigenvalue weighted by atomic mass is 35.5. The lowest BCUT2D eigenvalue weighted by atomic mass is 10.6. The van der Waals surface area contributed by atoms with Gasteiger partial charge in [-0.15, -0.1) is 11.6 Å². The van der Waals surface area contributed by atoms with E-state index < -0.39 is 0 Å². The molecule has 0 fully saturated rings. The van der Waals surface area contributed by atoms with Crippen molar-refractivity contribution < 1.29 is 0 Å². The van der Waals surface area contributed by atoms with Crippen molar-refractivity contribution in [1.29, 1.82) is 0 Å². The summed E-state index contributed by atoms with van der Waals surface area (Å²) >= 11 is 5.41. The molecular formula is C6H13ClSi. The maximum atomic E-state index is 5.41. The molecule has 0 rings (SSSR count). The van der Waals surface area contributed by atoms with Crippen LogP contribution in [0, 0.1) is 0 Å². The van der Waals surface area contributed by atoms with E-state index in [1.165, 1.54) is 6.04 Å². The molecule has 0 spiro atoms. The number of allylic oxidation sites excluding steroid dienone is 2. The minimum absolute atomic E-state index is 0.348. The minimum Gasteiger partial charge on any atom is -0.122 e. The molecule has 0 saturated heterocycles. The van der Waals surface area contributed by atoms with Crippen LogP contribution in [0.3, 0.4) is 0 Å². The molecule has 48 valence electrons. The largest absolute Gasteiger partial charge is 0.122 e. The molecule has 8 heavy (non-hydrogen) atoms. The summed E-state index contributed by atoms with van der Waals surface area (Å²) in [5.41, 5.74) is 0. The van der Waals surface area contributed by atoms with Gasteiger partial charge in [-0.3, -0.25) is 0 Å². The molecule has 0 aromatic carbocycles. The van der Waals surface area contributed by atoms with E-state index >= 15 is 0 Å². The summed E-state index contributed by atoms with van der Waals surface area (Å²) in [4.78, 5) is 0. The normalized spacial score (nSPS) is 11.5. The summed E-state index contributed by atoms with van der Waals surface area (Å²) in [7, 11) is -0.348. The van der Waals surface area contributed by atoms with Crippen LogP contribution in [0.15, 0.2) is 12.2 Å². The zero-order valence-electron chi connectivity index (χ0n) is 5.52. The highest BCUT2D eigenvalue weighted by Crippen LogP contribution is 1.92. The third-order valence-corrected chi connectivity index (χ3v) is 2.26. The minimum atomic E-state index is -0.348. The molecule has 0 N–H and O–H groups in total. The highest BCUT2D eigenvalue weighted by Gasteiger charge is 1.87. The maximum Gasteiger partial charge on any atom is 0.0404 e. The lowest BCUT2D eigenvalue weighted by Gasteiger charge is -1.92. The second-order valence-corrected chi connectivity index (χ2v) is 5.82. The molecule has 2 heteroatoms. The molecule has 0 saturated carbocycles. The van der Waals surface area contributed by atoms with E-state index in [0.29, 0.717) is 5.88 Å². The Balaban J connectivity index is 3.03. The number of halogens is 1. The molecule has 0 amide bonds. The van der Waals surface area contributed by atoms with Crippen LogP contribution >= 0.6 is 11.6 Å². The van der Waals surface area contributed by atoms with Crippen molar-refractivity contribution in [3.8, 4) is 0 Å². The van der Waals surface area contributed by atoms with Crippen molar-refractivity contribution in [2.75, 3.05) is 5.88 Å². The van der Waals surface area contributed by atoms with E-state index in [4.69, 9.17) is 11.6 Å². The van der Waals surface area contributed by atoms with Gasteiger partial charge in [-0.1, -0.05) is 25.2 Å². The van der Waals surface area contributed by atoms with Crippen LogP contribution in [0.1, 0.15) is 0 Å². The first-order valence-electron chi connectivity index (χ1n) is 2.98. The number of rotatable bonds is 3. The molecule has 0 radical (unpaired) electrons. The van der Waals surface area contributed by atoms with Gasteiger partial charge in [0.25, 0.3) is 0 Å². The molecule has 0 aromatic rings. The Morgan fingerprint density at radius 2 is 2.00 bits per heavy atom. The zero-order valence-corrected chi connectivity index (χ0v) is 7.43. The van der Waals surface area contributed by atoms with E-state index in [0.717, 1.165) is 0 Å². The van der Waals surface area contributed by atoms with Crippen molar-refractivity contribution >= 4 is 20.4 Å². The van der Waals surface area contributed by atoms with E-state index in [9.17, 15) is 0 Å². The molecule has 0 heterocycles. The quantitative estimate of drug-likeness (QED) is 0.327. The fourth-order valence-corrected chi connectivity index (χ4v) is 1.29. The Hall–Kier alpha value is 0.247. The van der Waals surface area contributed by atoms with Gasteiger partial charge in [0.15, 0.2) is 0 Å². The average Bonchev–Trinajstić information content (AvgIpc) is 1.66. The SMILES string of the molecule is C[SiH](C)CC=CCCl. The van der Waals surface area contributed by atoms with Gasteiger partial charge in [0, 0.05) is 14.7 Å². The van der Waals surface area contributed by atoms with Gasteiger partial charge >= 0.3 is 0 Å². The first-order valence-corrected chi connectivity index (χ1v) is 6.64. The summed E-state index contributed by atoms with van der Waals surface area (Å²) in [6, 6.07) is 1.28. The smallest absolute Gasteiger partial charge is 0.0404 e. The fraction of sp³-hybridized carbons (Fsp3) is 0.667. The molecule has 0 aliphatic heterocycles. The van der Waals surface area contributed by atoms with Crippen molar-refractivity contribution in [2.24, 2.45) is 0 Å². The first-order chi connectivity index (χ1) is 3.77. The van der Waals surface area contributed by atoms with Gasteiger partial charge in [-0.2, -0.15) is 0 Å². The zero-order chi connectivity index (χ0) is 6.41. The predicted molar refractivity (Wildman–Crippen MR) is 43.5 cm³/mol. The predicted octanol–water partition coefficient (Wildman–Crippen LogP) is 2.27. The summed E-state index contributed by atoms with van der Waals surface area (Å²) in [5.74, 6) is 0.668. The maximum absolute atomic E-state index is 5.41. The van der Waals surface area contributed by atoms with Gasteiger partial charge in [0.1, 0.15) is 0 Å². The van der Waals surface area contributed by atoms with Crippen LogP contribution < -0.4 is 0 Å². The second-order valence-electron chi connectivity index (χ2n) is 2.26. The summed E-state index contributed by atoms with van der Waals surface area (Å²) in [6.07, 6.45) is 4.21. The Morgan fingerprint density at radius 3 is 2.38 bits per heavy atom. The van der Waals surface area contributed by atoms with Crippen LogP contribution in [-0.2, 0) is 0 Å². The molecule has 0 unspecified atom stereocenters. The van der Waals surface area contributed by atoms with E-state index in [-0.39, 0.29) is 8.80 Å². The molecule has 0 aromatic heterocycles. The molecular weight excluding hydrogens is 136 g/mol. The Bertz CT molecular complexity index is 68.9. The Kier molecular flexibility index (Phi) is 5.55. The van der Waals surface area contributed by atoms with Crippen molar-refractivity contribution in [3.63, 3.8) is 0 Å². The highest BCUT2D eigenvalue weighted by molar-refractivity contribution is 6.56. The summed E-state index contributed by atoms with van der Waals surface area (Å²) in [5, 5.41) is 0. The Labute approximate surface area is 58.2 Å². The van der Waals surface area contributed by atoms with Crippen LogP contribution in [0.2, 0.25) is 19.1 Å². The average molecular weight is 149 g/mol. The van der Waals surface area contributed by atoms with Gasteiger partial charge in [-0.05, 0) is 6.04 Å². The van der Waals surface area contributed by atoms with Gasteiger partial charge in [0.2, 0.25) is 0 Å². The molecule has 0 aliphatic carbocycles. The van der Waals surface area contributed by atoms with Gasteiger partial charge in [0.05, 0.1) is 0 Å². The van der Waals surface area contributed by atoms with Gasteiger partial charge in [-0.25, -0.2) is 0 Å². The lowest BCUT2D eigenvalue weighted by Crippen LogP contribution is -1.94. The van der Waals surface area contributed by atoms with Crippen molar-refractivity contribution in [2.45, 2.75) is 19.1 Å². The number of hydrogen-bond donors (Lipinski definition) is 0. The van der Waals surface area contributed by atoms with Crippen LogP contribution in [0.4, 0.5) is 0 Å². The molecule has 0 atom stereocenters. The van der Waals surface area contributed by atoms with E-state index in [1.54, 1.807) is 0 Å². The lowest BCUT2D eigenvalue weighted by molar-refractivity contribution is 1.56. The van der Waals surface area contributed by atoms with E-state index in [1.807, 2.05) is 6.08 Å². The third-order valence-electron chi connectivity index (χ3n) is 0.863. The standard InChI is InChI=1S/C6H13ClSi/c1-8(2)6-4-3-5-7/h3-4,8H,5-6H2,1-2H3. The van der Waals surface area contributed by atoms with Crippen LogP contribution in [0.5, 0.6) is 0 Å². The van der Waals surface area contributed by atoms with Crippen molar-refractivity contribution in [3.05, 3.63) is 12.2 Å². The summed E-state index contributed by atoms with van der Waals surface area (Å²) in [6.45, 7) is 4.66. The fourth-order valence-electron chi connectivity index (χ4n) is 0.431. The van der Waals surface area contributed by atoms with Crippen LogP contribution in [0.25, 0.3) is 0 Å². The van der Waals surface area contributed by atoms with Crippen molar-refractivity contribution in [1.82, 2.24) is 0 Å². The Morgan fingerprint density at radius 1 is 1.38 bits per heavy atom. The molecule has 0 aliphatic rings. The number of alkyl halides is 1.